The summed E-state index contributed by atoms with van der Waals surface area (Å²) in [4.78, 5) is 10.4. The van der Waals surface area contributed by atoms with E-state index < -0.39 is 5.97 Å². The van der Waals surface area contributed by atoms with Crippen molar-refractivity contribution in [3.05, 3.63) is 11.1 Å². The van der Waals surface area contributed by atoms with Gasteiger partial charge in [0.1, 0.15) is 0 Å². The smallest absolute Gasteiger partial charge is 0.303 e. The highest BCUT2D eigenvalue weighted by Crippen LogP contribution is 2.33. The summed E-state index contributed by atoms with van der Waals surface area (Å²) in [7, 11) is 0. The average Bonchev–Trinajstić information content (AvgIpc) is 1.98. The van der Waals surface area contributed by atoms with E-state index in [4.69, 9.17) is 28.3 Å². The third-order valence-corrected chi connectivity index (χ3v) is 3.08. The van der Waals surface area contributed by atoms with E-state index in [-0.39, 0.29) is 17.7 Å². The molecule has 1 aliphatic rings. The van der Waals surface area contributed by atoms with Crippen molar-refractivity contribution in [2.75, 3.05) is 0 Å². The van der Waals surface area contributed by atoms with E-state index in [0.717, 1.165) is 12.8 Å². The molecule has 0 aliphatic heterocycles. The Morgan fingerprint density at radius 2 is 2.42 bits per heavy atom. The monoisotopic (exact) mass is 208 g/mol. The first kappa shape index (κ1) is 9.87. The first-order valence-corrected chi connectivity index (χ1v) is 4.64. The zero-order valence-corrected chi connectivity index (χ0v) is 7.98. The van der Waals surface area contributed by atoms with Crippen molar-refractivity contribution >= 4 is 29.2 Å². The summed E-state index contributed by atoms with van der Waals surface area (Å²) in [5.41, 5.74) is 0. The largest absolute Gasteiger partial charge is 0.481 e. The molecule has 1 rings (SSSR count). The van der Waals surface area contributed by atoms with Crippen LogP contribution in [0.4, 0.5) is 0 Å². The summed E-state index contributed by atoms with van der Waals surface area (Å²) in [6.45, 7) is 0. The van der Waals surface area contributed by atoms with Crippen LogP contribution in [0.1, 0.15) is 19.3 Å². The zero-order chi connectivity index (χ0) is 9.14. The Hall–Kier alpha value is -0.210. The second kappa shape index (κ2) is 4.15. The van der Waals surface area contributed by atoms with Gasteiger partial charge >= 0.3 is 5.97 Å². The maximum Gasteiger partial charge on any atom is 0.303 e. The van der Waals surface area contributed by atoms with E-state index in [1.165, 1.54) is 0 Å². The normalized spacial score (nSPS) is 29.7. The second-order valence-electron chi connectivity index (χ2n) is 2.93. The van der Waals surface area contributed by atoms with Gasteiger partial charge in [-0.25, -0.2) is 0 Å². The summed E-state index contributed by atoms with van der Waals surface area (Å²) in [6, 6.07) is 0. The molecule has 0 aromatic rings. The van der Waals surface area contributed by atoms with Crippen LogP contribution in [0.3, 0.4) is 0 Å². The number of rotatable bonds is 2. The van der Waals surface area contributed by atoms with Crippen molar-refractivity contribution < 1.29 is 9.90 Å². The van der Waals surface area contributed by atoms with Gasteiger partial charge in [0.25, 0.3) is 0 Å². The van der Waals surface area contributed by atoms with Gasteiger partial charge in [0.2, 0.25) is 0 Å². The standard InChI is InChI=1S/C8H10Cl2O2/c9-6-3-1-2-5(8(6)10)4-7(11)12/h3,5,8H,1-2,4H2,(H,11,12). The Bertz CT molecular complexity index is 213. The fourth-order valence-electron chi connectivity index (χ4n) is 1.35. The molecule has 0 amide bonds. The lowest BCUT2D eigenvalue weighted by atomic mass is 9.91. The molecule has 2 nitrogen and oxygen atoms in total. The summed E-state index contributed by atoms with van der Waals surface area (Å²) in [5.74, 6) is -0.821. The van der Waals surface area contributed by atoms with Crippen LogP contribution in [0.5, 0.6) is 0 Å². The number of hydrogen-bond donors (Lipinski definition) is 1. The van der Waals surface area contributed by atoms with E-state index in [2.05, 4.69) is 0 Å². The molecule has 0 spiro atoms. The first-order valence-electron chi connectivity index (χ1n) is 3.82. The maximum absolute atomic E-state index is 10.4. The number of carbonyl (C=O) groups is 1. The van der Waals surface area contributed by atoms with Crippen LogP contribution in [0.2, 0.25) is 0 Å². The van der Waals surface area contributed by atoms with Gasteiger partial charge < -0.3 is 5.11 Å². The highest BCUT2D eigenvalue weighted by atomic mass is 35.5. The summed E-state index contributed by atoms with van der Waals surface area (Å²) < 4.78 is 0. The minimum atomic E-state index is -0.808. The van der Waals surface area contributed by atoms with Crippen LogP contribution in [0.25, 0.3) is 0 Å². The quantitative estimate of drug-likeness (QED) is 0.709. The topological polar surface area (TPSA) is 37.3 Å². The van der Waals surface area contributed by atoms with Crippen molar-refractivity contribution in [3.63, 3.8) is 0 Å². The molecule has 0 heterocycles. The summed E-state index contributed by atoms with van der Waals surface area (Å²) in [6.07, 6.45) is 3.62. The van der Waals surface area contributed by atoms with Gasteiger partial charge in [0.15, 0.2) is 0 Å². The van der Waals surface area contributed by atoms with Crippen LogP contribution in [-0.4, -0.2) is 16.5 Å². The van der Waals surface area contributed by atoms with Gasteiger partial charge in [-0.15, -0.1) is 11.6 Å². The summed E-state index contributed by atoms with van der Waals surface area (Å²) in [5, 5.41) is 8.83. The maximum atomic E-state index is 10.4. The van der Waals surface area contributed by atoms with Crippen LogP contribution in [0, 0.1) is 5.92 Å². The number of carboxylic acids is 1. The Morgan fingerprint density at radius 1 is 1.75 bits per heavy atom. The van der Waals surface area contributed by atoms with E-state index in [1.807, 2.05) is 6.08 Å². The number of carboxylic acid groups (broad SMARTS) is 1. The Kier molecular flexibility index (Phi) is 3.41. The van der Waals surface area contributed by atoms with Gasteiger partial charge in [-0.2, -0.15) is 0 Å². The average molecular weight is 209 g/mol. The summed E-state index contributed by atoms with van der Waals surface area (Å²) >= 11 is 11.7. The second-order valence-corrected chi connectivity index (χ2v) is 3.83. The molecule has 0 radical (unpaired) electrons. The van der Waals surface area contributed by atoms with Gasteiger partial charge in [0, 0.05) is 11.5 Å². The predicted octanol–water partition coefficient (Wildman–Crippen LogP) is 2.60. The molecule has 4 heteroatoms. The van der Waals surface area contributed by atoms with Gasteiger partial charge in [0.05, 0.1) is 5.38 Å². The molecule has 0 saturated heterocycles. The Labute approximate surface area is 81.2 Å². The van der Waals surface area contributed by atoms with Crippen molar-refractivity contribution in [2.24, 2.45) is 5.92 Å². The number of alkyl halides is 1. The molecule has 1 N–H and O–H groups in total. The van der Waals surface area contributed by atoms with E-state index in [0.29, 0.717) is 5.03 Å². The predicted molar refractivity (Wildman–Crippen MR) is 48.6 cm³/mol. The van der Waals surface area contributed by atoms with E-state index in [1.54, 1.807) is 0 Å². The van der Waals surface area contributed by atoms with Crippen molar-refractivity contribution in [1.82, 2.24) is 0 Å². The molecule has 0 saturated carbocycles. The molecule has 0 aromatic carbocycles. The van der Waals surface area contributed by atoms with Crippen molar-refractivity contribution in [3.8, 4) is 0 Å². The van der Waals surface area contributed by atoms with Crippen LogP contribution >= 0.6 is 23.2 Å². The minimum absolute atomic E-state index is 0.0123. The van der Waals surface area contributed by atoms with Gasteiger partial charge in [-0.3, -0.25) is 4.79 Å². The molecule has 0 aromatic heterocycles. The number of allylic oxidation sites excluding steroid dienone is 2. The zero-order valence-electron chi connectivity index (χ0n) is 6.46. The first-order chi connectivity index (χ1) is 5.61. The fourth-order valence-corrected chi connectivity index (χ4v) is 1.94. The molecular formula is C8H10Cl2O2. The minimum Gasteiger partial charge on any atom is -0.481 e. The molecular weight excluding hydrogens is 199 g/mol. The van der Waals surface area contributed by atoms with E-state index in [9.17, 15) is 4.79 Å². The van der Waals surface area contributed by atoms with Crippen molar-refractivity contribution in [2.45, 2.75) is 24.6 Å². The SMILES string of the molecule is O=C(O)CC1CCC=C(Cl)C1Cl. The molecule has 2 unspecified atom stereocenters. The Morgan fingerprint density at radius 3 is 3.00 bits per heavy atom. The van der Waals surface area contributed by atoms with Crippen molar-refractivity contribution in [1.29, 1.82) is 0 Å². The highest BCUT2D eigenvalue weighted by Gasteiger charge is 2.26. The molecule has 2 atom stereocenters. The number of aliphatic carboxylic acids is 1. The molecule has 1 aliphatic carbocycles. The third-order valence-electron chi connectivity index (χ3n) is 1.99. The van der Waals surface area contributed by atoms with Gasteiger partial charge in [-0.1, -0.05) is 17.7 Å². The van der Waals surface area contributed by atoms with Crippen LogP contribution in [0.15, 0.2) is 11.1 Å². The van der Waals surface area contributed by atoms with Crippen LogP contribution < -0.4 is 0 Å². The van der Waals surface area contributed by atoms with Crippen LogP contribution in [-0.2, 0) is 4.79 Å². The lowest BCUT2D eigenvalue weighted by molar-refractivity contribution is -0.138. The molecule has 68 valence electrons. The third kappa shape index (κ3) is 2.39. The number of halogens is 2. The fraction of sp³-hybridized carbons (Fsp3) is 0.625. The van der Waals surface area contributed by atoms with E-state index >= 15 is 0 Å². The molecule has 0 bridgehead atoms. The highest BCUT2D eigenvalue weighted by molar-refractivity contribution is 6.37. The number of hydrogen-bond acceptors (Lipinski definition) is 1. The lowest BCUT2D eigenvalue weighted by Crippen LogP contribution is -2.21. The lowest BCUT2D eigenvalue weighted by Gasteiger charge is -2.23. The molecule has 12 heavy (non-hydrogen) atoms. The molecule has 0 fully saturated rings. The Balaban J connectivity index is 2.56. The van der Waals surface area contributed by atoms with Gasteiger partial charge in [-0.05, 0) is 18.8 Å².